The van der Waals surface area contributed by atoms with Gasteiger partial charge < -0.3 is 4.98 Å². The van der Waals surface area contributed by atoms with E-state index in [1.165, 1.54) is 23.1 Å². The van der Waals surface area contributed by atoms with E-state index in [9.17, 15) is 13.2 Å². The van der Waals surface area contributed by atoms with Crippen LogP contribution in [0.25, 0.3) is 0 Å². The van der Waals surface area contributed by atoms with E-state index in [4.69, 9.17) is 0 Å². The van der Waals surface area contributed by atoms with Gasteiger partial charge in [-0.15, -0.1) is 0 Å². The van der Waals surface area contributed by atoms with Gasteiger partial charge in [-0.1, -0.05) is 0 Å². The van der Waals surface area contributed by atoms with Crippen LogP contribution in [0.15, 0.2) is 34.2 Å². The zero-order chi connectivity index (χ0) is 14.9. The Morgan fingerprint density at radius 1 is 1.35 bits per heavy atom. The highest BCUT2D eigenvalue weighted by Gasteiger charge is 2.18. The minimum Gasteiger partial charge on any atom is -0.325 e. The average Bonchev–Trinajstić information content (AvgIpc) is 2.83. The molecule has 0 saturated heterocycles. The van der Waals surface area contributed by atoms with Gasteiger partial charge in [-0.3, -0.25) is 14.2 Å². The van der Waals surface area contributed by atoms with Crippen molar-refractivity contribution in [3.8, 4) is 0 Å². The lowest BCUT2D eigenvalue weighted by molar-refractivity contribution is 0.531. The fraction of sp³-hybridized carbons (Fsp3) is 0.333. The van der Waals surface area contributed by atoms with Gasteiger partial charge in [0.25, 0.3) is 15.6 Å². The summed E-state index contributed by atoms with van der Waals surface area (Å²) in [7, 11) is -3.81. The van der Waals surface area contributed by atoms with E-state index in [-0.39, 0.29) is 16.6 Å². The van der Waals surface area contributed by atoms with E-state index < -0.39 is 15.6 Å². The van der Waals surface area contributed by atoms with Gasteiger partial charge in [0.2, 0.25) is 0 Å². The molecule has 0 amide bonds. The van der Waals surface area contributed by atoms with Gasteiger partial charge in [0.15, 0.2) is 0 Å². The number of hydrogen-bond acceptors (Lipinski definition) is 4. The number of pyridine rings is 1. The molecule has 7 nitrogen and oxygen atoms in total. The number of H-pyrrole nitrogens is 1. The third kappa shape index (κ3) is 2.90. The number of nitrogens with one attached hydrogen (secondary N) is 2. The Hall–Kier alpha value is -2.09. The Morgan fingerprint density at radius 3 is 2.60 bits per heavy atom. The van der Waals surface area contributed by atoms with E-state index in [2.05, 4.69) is 14.8 Å². The molecule has 2 aromatic heterocycles. The van der Waals surface area contributed by atoms with Crippen LogP contribution in [-0.2, 0) is 10.0 Å². The number of anilines is 1. The summed E-state index contributed by atoms with van der Waals surface area (Å²) in [6.45, 7) is 5.50. The Kier molecular flexibility index (Phi) is 3.67. The molecule has 0 spiro atoms. The van der Waals surface area contributed by atoms with Gasteiger partial charge in [-0.05, 0) is 32.9 Å². The van der Waals surface area contributed by atoms with Crippen molar-refractivity contribution in [1.29, 1.82) is 0 Å². The molecule has 0 aromatic carbocycles. The van der Waals surface area contributed by atoms with Crippen molar-refractivity contribution in [2.45, 2.75) is 31.7 Å². The number of aromatic nitrogens is 3. The van der Waals surface area contributed by atoms with Crippen LogP contribution in [0.5, 0.6) is 0 Å². The van der Waals surface area contributed by atoms with E-state index in [1.54, 1.807) is 13.0 Å². The van der Waals surface area contributed by atoms with Gasteiger partial charge in [-0.25, -0.2) is 8.42 Å². The summed E-state index contributed by atoms with van der Waals surface area (Å²) in [5, 5.41) is 3.97. The molecule has 0 aliphatic rings. The SMILES string of the molecule is Cc1ccc(NS(=O)(=O)c2cnn(C(C)C)c2)c(=O)[nH]1. The van der Waals surface area contributed by atoms with Crippen LogP contribution in [0.3, 0.4) is 0 Å². The Bertz CT molecular complexity index is 774. The maximum atomic E-state index is 12.2. The first-order valence-electron chi connectivity index (χ1n) is 6.06. The number of sulfonamides is 1. The second-order valence-electron chi connectivity index (χ2n) is 4.74. The van der Waals surface area contributed by atoms with E-state index >= 15 is 0 Å². The van der Waals surface area contributed by atoms with Gasteiger partial charge in [0.1, 0.15) is 10.6 Å². The van der Waals surface area contributed by atoms with Crippen molar-refractivity contribution >= 4 is 15.7 Å². The first-order chi connectivity index (χ1) is 9.29. The summed E-state index contributed by atoms with van der Waals surface area (Å²) in [6.07, 6.45) is 2.68. The normalized spacial score (nSPS) is 11.8. The summed E-state index contributed by atoms with van der Waals surface area (Å²) in [5.74, 6) is 0. The molecular weight excluding hydrogens is 280 g/mol. The molecule has 20 heavy (non-hydrogen) atoms. The molecule has 0 atom stereocenters. The van der Waals surface area contributed by atoms with Crippen molar-refractivity contribution in [2.75, 3.05) is 4.72 Å². The van der Waals surface area contributed by atoms with Crippen molar-refractivity contribution in [3.63, 3.8) is 0 Å². The molecule has 2 N–H and O–H groups in total. The third-order valence-electron chi connectivity index (χ3n) is 2.72. The summed E-state index contributed by atoms with van der Waals surface area (Å²) in [5.41, 5.74) is 0.156. The molecule has 0 unspecified atom stereocenters. The maximum Gasteiger partial charge on any atom is 0.272 e. The standard InChI is InChI=1S/C12H16N4O3S/c1-8(2)16-7-10(6-13-16)20(18,19)15-11-5-4-9(3)14-12(11)17/h4-8,15H,1-3H3,(H,14,17). The fourth-order valence-electron chi connectivity index (χ4n) is 1.60. The van der Waals surface area contributed by atoms with Crippen LogP contribution in [0.2, 0.25) is 0 Å². The molecule has 108 valence electrons. The average molecular weight is 296 g/mol. The number of rotatable bonds is 4. The number of aryl methyl sites for hydroxylation is 1. The van der Waals surface area contributed by atoms with Crippen molar-refractivity contribution < 1.29 is 8.42 Å². The molecular formula is C12H16N4O3S. The number of hydrogen-bond donors (Lipinski definition) is 2. The first kappa shape index (κ1) is 14.3. The van der Waals surface area contributed by atoms with Crippen molar-refractivity contribution in [1.82, 2.24) is 14.8 Å². The first-order valence-corrected chi connectivity index (χ1v) is 7.55. The summed E-state index contributed by atoms with van der Waals surface area (Å²) in [4.78, 5) is 14.2. The molecule has 0 saturated carbocycles. The van der Waals surface area contributed by atoms with Crippen LogP contribution < -0.4 is 10.3 Å². The van der Waals surface area contributed by atoms with Gasteiger partial charge in [-0.2, -0.15) is 5.10 Å². The van der Waals surface area contributed by atoms with E-state index in [0.717, 1.165) is 0 Å². The molecule has 0 radical (unpaired) electrons. The van der Waals surface area contributed by atoms with Crippen LogP contribution in [0.1, 0.15) is 25.6 Å². The van der Waals surface area contributed by atoms with Crippen LogP contribution in [0.4, 0.5) is 5.69 Å². The zero-order valence-corrected chi connectivity index (χ0v) is 12.2. The van der Waals surface area contributed by atoms with Crippen molar-refractivity contribution in [3.05, 3.63) is 40.6 Å². The van der Waals surface area contributed by atoms with Crippen molar-refractivity contribution in [2.24, 2.45) is 0 Å². The highest BCUT2D eigenvalue weighted by Crippen LogP contribution is 2.14. The molecule has 8 heteroatoms. The smallest absolute Gasteiger partial charge is 0.272 e. The van der Waals surface area contributed by atoms with Crippen LogP contribution in [0, 0.1) is 6.92 Å². The Morgan fingerprint density at radius 2 is 2.05 bits per heavy atom. The van der Waals surface area contributed by atoms with Crippen LogP contribution in [-0.4, -0.2) is 23.2 Å². The van der Waals surface area contributed by atoms with E-state index in [0.29, 0.717) is 5.69 Å². The molecule has 2 heterocycles. The Balaban J connectivity index is 2.33. The van der Waals surface area contributed by atoms with Gasteiger partial charge in [0.05, 0.1) is 6.20 Å². The number of nitrogens with zero attached hydrogens (tertiary/aromatic N) is 2. The maximum absolute atomic E-state index is 12.2. The predicted molar refractivity (Wildman–Crippen MR) is 75.2 cm³/mol. The second kappa shape index (κ2) is 5.12. The minimum atomic E-state index is -3.81. The summed E-state index contributed by atoms with van der Waals surface area (Å²) >= 11 is 0. The van der Waals surface area contributed by atoms with Crippen LogP contribution >= 0.6 is 0 Å². The lowest BCUT2D eigenvalue weighted by atomic mass is 10.3. The number of aromatic amines is 1. The highest BCUT2D eigenvalue weighted by atomic mass is 32.2. The van der Waals surface area contributed by atoms with Gasteiger partial charge >= 0.3 is 0 Å². The molecule has 0 fully saturated rings. The monoisotopic (exact) mass is 296 g/mol. The molecule has 2 aromatic rings. The minimum absolute atomic E-state index is 0.0196. The second-order valence-corrected chi connectivity index (χ2v) is 6.42. The quantitative estimate of drug-likeness (QED) is 0.887. The topological polar surface area (TPSA) is 96.8 Å². The summed E-state index contributed by atoms with van der Waals surface area (Å²) < 4.78 is 28.1. The lowest BCUT2D eigenvalue weighted by Crippen LogP contribution is -2.20. The largest absolute Gasteiger partial charge is 0.325 e. The fourth-order valence-corrected chi connectivity index (χ4v) is 2.60. The van der Waals surface area contributed by atoms with Gasteiger partial charge in [0, 0.05) is 17.9 Å². The zero-order valence-electron chi connectivity index (χ0n) is 11.4. The van der Waals surface area contributed by atoms with E-state index in [1.807, 2.05) is 13.8 Å². The molecule has 0 aliphatic heterocycles. The Labute approximate surface area is 116 Å². The molecule has 2 rings (SSSR count). The molecule has 0 bridgehead atoms. The lowest BCUT2D eigenvalue weighted by Gasteiger charge is -2.06. The highest BCUT2D eigenvalue weighted by molar-refractivity contribution is 7.92. The summed E-state index contributed by atoms with van der Waals surface area (Å²) in [6, 6.07) is 3.11. The predicted octanol–water partition coefficient (Wildman–Crippen LogP) is 1.26. The third-order valence-corrected chi connectivity index (χ3v) is 4.04. The molecule has 0 aliphatic carbocycles.